The summed E-state index contributed by atoms with van der Waals surface area (Å²) in [6.07, 6.45) is 15.6. The van der Waals surface area contributed by atoms with Gasteiger partial charge in [-0.3, -0.25) is 4.79 Å². The highest BCUT2D eigenvalue weighted by Crippen LogP contribution is 2.65. The van der Waals surface area contributed by atoms with E-state index < -0.39 is 8.32 Å². The molecule has 0 saturated heterocycles. The quantitative estimate of drug-likeness (QED) is 0.462. The summed E-state index contributed by atoms with van der Waals surface area (Å²) in [5.74, 6) is 2.05. The summed E-state index contributed by atoms with van der Waals surface area (Å²) < 4.78 is 6.76. The standard InChI is InChI=1S/C23H34O2Si/c1-21-12-9-17(24)15-16(21)7-8-18-19(21)10-13-22(2)20(18)11-14-23(22,3)25-26(4,5)6/h7-8,11,14-15,18-20H,9-10,12-13H2,1-6H3/t18-,19+,20+,21+,22+,23+/m1/s1. The predicted octanol–water partition coefficient (Wildman–Crippen LogP) is 5.68. The van der Waals surface area contributed by atoms with Crippen molar-refractivity contribution >= 4 is 14.1 Å². The van der Waals surface area contributed by atoms with E-state index in [4.69, 9.17) is 4.43 Å². The van der Waals surface area contributed by atoms with Crippen LogP contribution in [0.3, 0.4) is 0 Å². The van der Waals surface area contributed by atoms with Gasteiger partial charge in [-0.25, -0.2) is 0 Å². The summed E-state index contributed by atoms with van der Waals surface area (Å²) in [7, 11) is -1.63. The van der Waals surface area contributed by atoms with Gasteiger partial charge >= 0.3 is 0 Å². The molecule has 142 valence electrons. The number of ketones is 1. The van der Waals surface area contributed by atoms with Crippen LogP contribution in [0.1, 0.15) is 46.5 Å². The molecule has 0 aromatic rings. The number of hydrogen-bond donors (Lipinski definition) is 0. The fraction of sp³-hybridized carbons (Fsp3) is 0.696. The highest BCUT2D eigenvalue weighted by molar-refractivity contribution is 6.69. The summed E-state index contributed by atoms with van der Waals surface area (Å²) in [5, 5.41) is 0. The van der Waals surface area contributed by atoms with E-state index in [2.05, 4.69) is 64.7 Å². The van der Waals surface area contributed by atoms with Crippen LogP contribution >= 0.6 is 0 Å². The minimum absolute atomic E-state index is 0.152. The van der Waals surface area contributed by atoms with Crippen LogP contribution in [0.25, 0.3) is 0 Å². The second-order valence-electron chi connectivity index (χ2n) is 10.7. The Hall–Kier alpha value is -0.933. The molecule has 0 bridgehead atoms. The molecule has 0 amide bonds. The second kappa shape index (κ2) is 5.54. The molecule has 1 saturated carbocycles. The summed E-state index contributed by atoms with van der Waals surface area (Å²) in [5.41, 5.74) is 1.46. The van der Waals surface area contributed by atoms with E-state index in [1.165, 1.54) is 18.4 Å². The minimum atomic E-state index is -1.63. The van der Waals surface area contributed by atoms with Crippen molar-refractivity contribution in [1.29, 1.82) is 0 Å². The second-order valence-corrected chi connectivity index (χ2v) is 15.1. The van der Waals surface area contributed by atoms with Crippen molar-refractivity contribution in [3.8, 4) is 0 Å². The Morgan fingerprint density at radius 1 is 1.12 bits per heavy atom. The third kappa shape index (κ3) is 2.50. The van der Waals surface area contributed by atoms with Crippen LogP contribution in [-0.4, -0.2) is 19.7 Å². The van der Waals surface area contributed by atoms with Crippen molar-refractivity contribution in [3.05, 3.63) is 36.0 Å². The van der Waals surface area contributed by atoms with Gasteiger partial charge in [0.15, 0.2) is 14.1 Å². The molecule has 0 aliphatic heterocycles. The van der Waals surface area contributed by atoms with Crippen molar-refractivity contribution < 1.29 is 9.22 Å². The first kappa shape index (κ1) is 18.4. The van der Waals surface area contributed by atoms with Crippen molar-refractivity contribution in [1.82, 2.24) is 0 Å². The maximum absolute atomic E-state index is 11.9. The SMILES string of the molecule is C[C@]12CCC(=O)C=C1C=C[C@@H]1[C@@H]2CC[C@@]2(C)[C@H]1C=C[C@]2(C)O[Si](C)(C)C. The summed E-state index contributed by atoms with van der Waals surface area (Å²) in [6.45, 7) is 14.1. The van der Waals surface area contributed by atoms with Crippen LogP contribution in [0, 0.1) is 28.6 Å². The molecule has 0 radical (unpaired) electrons. The number of fused-ring (bicyclic) bond motifs is 5. The van der Waals surface area contributed by atoms with E-state index in [1.54, 1.807) is 0 Å². The Morgan fingerprint density at radius 2 is 1.85 bits per heavy atom. The van der Waals surface area contributed by atoms with Gasteiger partial charge in [-0.1, -0.05) is 38.2 Å². The fourth-order valence-corrected chi connectivity index (χ4v) is 8.03. The first-order valence-electron chi connectivity index (χ1n) is 10.3. The Labute approximate surface area is 159 Å². The molecule has 0 heterocycles. The molecular weight excluding hydrogens is 336 g/mol. The third-order valence-electron chi connectivity index (χ3n) is 8.05. The summed E-state index contributed by atoms with van der Waals surface area (Å²) in [6, 6.07) is 0. The third-order valence-corrected chi connectivity index (χ3v) is 9.08. The number of rotatable bonds is 2. The van der Waals surface area contributed by atoms with E-state index in [9.17, 15) is 4.79 Å². The molecule has 1 fully saturated rings. The van der Waals surface area contributed by atoms with Crippen molar-refractivity contribution in [3.63, 3.8) is 0 Å². The molecule has 0 aromatic heterocycles. The van der Waals surface area contributed by atoms with Gasteiger partial charge in [0.05, 0.1) is 5.60 Å². The molecule has 0 N–H and O–H groups in total. The van der Waals surface area contributed by atoms with Gasteiger partial charge in [0.25, 0.3) is 0 Å². The maximum atomic E-state index is 11.9. The van der Waals surface area contributed by atoms with Gasteiger partial charge in [-0.15, -0.1) is 0 Å². The van der Waals surface area contributed by atoms with E-state index in [0.717, 1.165) is 6.42 Å². The molecule has 3 heteroatoms. The molecule has 2 nitrogen and oxygen atoms in total. The summed E-state index contributed by atoms with van der Waals surface area (Å²) in [4.78, 5) is 11.9. The average molecular weight is 371 g/mol. The van der Waals surface area contributed by atoms with Crippen LogP contribution in [0.2, 0.25) is 19.6 Å². The number of allylic oxidation sites excluding steroid dienone is 5. The van der Waals surface area contributed by atoms with Crippen LogP contribution in [0.5, 0.6) is 0 Å². The van der Waals surface area contributed by atoms with Crippen molar-refractivity contribution in [2.24, 2.45) is 28.6 Å². The molecule has 0 aromatic carbocycles. The van der Waals surface area contributed by atoms with Gasteiger partial charge in [0.1, 0.15) is 0 Å². The lowest BCUT2D eigenvalue weighted by molar-refractivity contribution is -0.117. The fourth-order valence-electron chi connectivity index (χ4n) is 6.46. The molecular formula is C23H34O2Si. The largest absolute Gasteiger partial charge is 0.408 e. The van der Waals surface area contributed by atoms with Gasteiger partial charge in [0.2, 0.25) is 0 Å². The van der Waals surface area contributed by atoms with Gasteiger partial charge in [-0.05, 0) is 80.6 Å². The highest BCUT2D eigenvalue weighted by atomic mass is 28.4. The Balaban J connectivity index is 1.70. The van der Waals surface area contributed by atoms with Gasteiger partial charge in [-0.2, -0.15) is 0 Å². The zero-order valence-corrected chi connectivity index (χ0v) is 18.3. The zero-order valence-electron chi connectivity index (χ0n) is 17.3. The average Bonchev–Trinajstić information content (AvgIpc) is 2.77. The van der Waals surface area contributed by atoms with Crippen molar-refractivity contribution in [2.75, 3.05) is 0 Å². The van der Waals surface area contributed by atoms with E-state index in [-0.39, 0.29) is 16.4 Å². The zero-order chi connectivity index (χ0) is 19.0. The normalized spacial score (nSPS) is 47.2. The van der Waals surface area contributed by atoms with Crippen LogP contribution < -0.4 is 0 Å². The van der Waals surface area contributed by atoms with E-state index in [0.29, 0.717) is 30.0 Å². The van der Waals surface area contributed by atoms with Crippen LogP contribution in [-0.2, 0) is 9.22 Å². The monoisotopic (exact) mass is 370 g/mol. The molecule has 0 spiro atoms. The lowest BCUT2D eigenvalue weighted by Gasteiger charge is -2.58. The predicted molar refractivity (Wildman–Crippen MR) is 109 cm³/mol. The Bertz CT molecular complexity index is 727. The van der Waals surface area contributed by atoms with Crippen molar-refractivity contribution in [2.45, 2.75) is 71.7 Å². The summed E-state index contributed by atoms with van der Waals surface area (Å²) >= 11 is 0. The van der Waals surface area contributed by atoms with Gasteiger partial charge in [0, 0.05) is 11.8 Å². The maximum Gasteiger partial charge on any atom is 0.184 e. The topological polar surface area (TPSA) is 26.3 Å². The number of hydrogen-bond acceptors (Lipinski definition) is 2. The minimum Gasteiger partial charge on any atom is -0.408 e. The first-order chi connectivity index (χ1) is 12.0. The molecule has 6 atom stereocenters. The Morgan fingerprint density at radius 3 is 2.54 bits per heavy atom. The first-order valence-corrected chi connectivity index (χ1v) is 13.7. The molecule has 4 rings (SSSR count). The van der Waals surface area contributed by atoms with Crippen LogP contribution in [0.4, 0.5) is 0 Å². The van der Waals surface area contributed by atoms with Gasteiger partial charge < -0.3 is 4.43 Å². The van der Waals surface area contributed by atoms with E-state index >= 15 is 0 Å². The molecule has 4 aliphatic rings. The highest BCUT2D eigenvalue weighted by Gasteiger charge is 2.61. The van der Waals surface area contributed by atoms with E-state index in [1.807, 2.05) is 6.08 Å². The number of carbonyl (C=O) groups excluding carboxylic acids is 1. The number of carbonyl (C=O) groups is 1. The molecule has 0 unspecified atom stereocenters. The lowest BCUT2D eigenvalue weighted by atomic mass is 9.48. The molecule has 26 heavy (non-hydrogen) atoms. The smallest absolute Gasteiger partial charge is 0.184 e. The molecule has 4 aliphatic carbocycles. The Kier molecular flexibility index (Phi) is 3.93. The van der Waals surface area contributed by atoms with Crippen LogP contribution in [0.15, 0.2) is 36.0 Å². The lowest BCUT2D eigenvalue weighted by Crippen LogP contribution is -2.56.